The van der Waals surface area contributed by atoms with E-state index in [0.29, 0.717) is 19.6 Å². The summed E-state index contributed by atoms with van der Waals surface area (Å²) in [5.41, 5.74) is 0. The lowest BCUT2D eigenvalue weighted by molar-refractivity contribution is 0.310. The van der Waals surface area contributed by atoms with Gasteiger partial charge in [-0.05, 0) is 31.2 Å². The van der Waals surface area contributed by atoms with E-state index in [1.807, 2.05) is 6.92 Å². The number of hydrogen-bond acceptors (Lipinski definition) is 3. The molecule has 0 aliphatic carbocycles. The summed E-state index contributed by atoms with van der Waals surface area (Å²) in [5.74, 6) is -0.433. The monoisotopic (exact) mass is 258 g/mol. The van der Waals surface area contributed by atoms with Gasteiger partial charge in [-0.25, -0.2) is 12.8 Å². The summed E-state index contributed by atoms with van der Waals surface area (Å²) < 4.78 is 38.6. The first kappa shape index (κ1) is 12.5. The smallest absolute Gasteiger partial charge is 0.243 e. The molecule has 1 heterocycles. The summed E-state index contributed by atoms with van der Waals surface area (Å²) in [4.78, 5) is 0.146. The largest absolute Gasteiger partial charge is 0.312 e. The minimum absolute atomic E-state index is 0.138. The number of piperazine rings is 1. The van der Waals surface area contributed by atoms with Crippen LogP contribution in [0.5, 0.6) is 0 Å². The van der Waals surface area contributed by atoms with Crippen LogP contribution in [0.4, 0.5) is 4.39 Å². The molecule has 1 saturated heterocycles. The van der Waals surface area contributed by atoms with Crippen molar-refractivity contribution in [2.45, 2.75) is 17.9 Å². The molecule has 0 aromatic heterocycles. The average molecular weight is 258 g/mol. The van der Waals surface area contributed by atoms with Gasteiger partial charge in [-0.1, -0.05) is 0 Å². The van der Waals surface area contributed by atoms with Crippen molar-refractivity contribution >= 4 is 10.0 Å². The maximum atomic E-state index is 12.8. The van der Waals surface area contributed by atoms with Crippen molar-refractivity contribution in [3.8, 4) is 0 Å². The van der Waals surface area contributed by atoms with E-state index in [4.69, 9.17) is 0 Å². The Morgan fingerprint density at radius 3 is 2.59 bits per heavy atom. The first-order chi connectivity index (χ1) is 8.00. The molecule has 1 atom stereocenters. The van der Waals surface area contributed by atoms with Crippen LogP contribution in [0.1, 0.15) is 6.92 Å². The molecule has 1 aliphatic heterocycles. The van der Waals surface area contributed by atoms with E-state index in [2.05, 4.69) is 5.32 Å². The normalized spacial score (nSPS) is 22.6. The van der Waals surface area contributed by atoms with Crippen LogP contribution in [0, 0.1) is 5.82 Å². The zero-order valence-corrected chi connectivity index (χ0v) is 10.4. The lowest BCUT2D eigenvalue weighted by atomic mass is 10.3. The van der Waals surface area contributed by atoms with Crippen molar-refractivity contribution in [3.63, 3.8) is 0 Å². The lowest BCUT2D eigenvalue weighted by Gasteiger charge is -2.30. The van der Waals surface area contributed by atoms with Gasteiger partial charge in [0.2, 0.25) is 10.0 Å². The molecule has 2 rings (SSSR count). The van der Waals surface area contributed by atoms with Gasteiger partial charge < -0.3 is 5.32 Å². The van der Waals surface area contributed by atoms with Gasteiger partial charge >= 0.3 is 0 Å². The highest BCUT2D eigenvalue weighted by Crippen LogP contribution is 2.17. The van der Waals surface area contributed by atoms with Crippen molar-refractivity contribution in [2.24, 2.45) is 0 Å². The van der Waals surface area contributed by atoms with E-state index < -0.39 is 15.8 Å². The second kappa shape index (κ2) is 4.72. The third-order valence-electron chi connectivity index (χ3n) is 2.78. The Bertz CT molecular complexity index is 487. The van der Waals surface area contributed by atoms with Gasteiger partial charge in [0, 0.05) is 25.7 Å². The van der Waals surface area contributed by atoms with Gasteiger partial charge in [0.15, 0.2) is 0 Å². The number of sulfonamides is 1. The van der Waals surface area contributed by atoms with Crippen LogP contribution in [0.3, 0.4) is 0 Å². The molecule has 0 amide bonds. The highest BCUT2D eigenvalue weighted by molar-refractivity contribution is 7.89. The van der Waals surface area contributed by atoms with Gasteiger partial charge in [0.05, 0.1) is 4.90 Å². The number of hydrogen-bond donors (Lipinski definition) is 1. The van der Waals surface area contributed by atoms with Crippen LogP contribution in [-0.2, 0) is 10.0 Å². The highest BCUT2D eigenvalue weighted by atomic mass is 32.2. The average Bonchev–Trinajstić information content (AvgIpc) is 2.29. The molecule has 1 aliphatic rings. The Hall–Kier alpha value is -0.980. The van der Waals surface area contributed by atoms with Crippen LogP contribution in [-0.4, -0.2) is 38.4 Å². The molecule has 1 fully saturated rings. The SMILES string of the molecule is CC1CN(S(=O)(=O)c2ccc(F)cc2)CCN1. The third-order valence-corrected chi connectivity index (χ3v) is 4.66. The van der Waals surface area contributed by atoms with E-state index in [1.54, 1.807) is 0 Å². The van der Waals surface area contributed by atoms with Gasteiger partial charge in [0.1, 0.15) is 5.82 Å². The van der Waals surface area contributed by atoms with E-state index in [0.717, 1.165) is 0 Å². The maximum Gasteiger partial charge on any atom is 0.243 e. The number of benzene rings is 1. The van der Waals surface area contributed by atoms with Crippen molar-refractivity contribution < 1.29 is 12.8 Å². The molecule has 17 heavy (non-hydrogen) atoms. The Morgan fingerprint density at radius 2 is 2.00 bits per heavy atom. The first-order valence-corrected chi connectivity index (χ1v) is 6.93. The van der Waals surface area contributed by atoms with E-state index in [-0.39, 0.29) is 10.9 Å². The second-order valence-electron chi connectivity index (χ2n) is 4.17. The third kappa shape index (κ3) is 2.65. The minimum atomic E-state index is -3.49. The van der Waals surface area contributed by atoms with Gasteiger partial charge in [-0.3, -0.25) is 0 Å². The van der Waals surface area contributed by atoms with Gasteiger partial charge in [0.25, 0.3) is 0 Å². The van der Waals surface area contributed by atoms with Crippen LogP contribution >= 0.6 is 0 Å². The Balaban J connectivity index is 2.26. The Morgan fingerprint density at radius 1 is 1.35 bits per heavy atom. The number of rotatable bonds is 2. The summed E-state index contributed by atoms with van der Waals surface area (Å²) in [6.07, 6.45) is 0. The van der Waals surface area contributed by atoms with Crippen LogP contribution in [0.2, 0.25) is 0 Å². The fourth-order valence-corrected chi connectivity index (χ4v) is 3.40. The standard InChI is InChI=1S/C11H15FN2O2S/c1-9-8-14(7-6-13-9)17(15,16)11-4-2-10(12)3-5-11/h2-5,9,13H,6-8H2,1H3. The fourth-order valence-electron chi connectivity index (χ4n) is 1.87. The molecule has 1 N–H and O–H groups in total. The predicted molar refractivity (Wildman–Crippen MR) is 62.6 cm³/mol. The fraction of sp³-hybridized carbons (Fsp3) is 0.455. The number of halogens is 1. The number of nitrogens with one attached hydrogen (secondary N) is 1. The molecule has 0 bridgehead atoms. The van der Waals surface area contributed by atoms with Crippen molar-refractivity contribution in [2.75, 3.05) is 19.6 Å². The molecule has 4 nitrogen and oxygen atoms in total. The van der Waals surface area contributed by atoms with Crippen molar-refractivity contribution in [1.82, 2.24) is 9.62 Å². The minimum Gasteiger partial charge on any atom is -0.312 e. The van der Waals surface area contributed by atoms with Crippen molar-refractivity contribution in [3.05, 3.63) is 30.1 Å². The van der Waals surface area contributed by atoms with E-state index in [9.17, 15) is 12.8 Å². The van der Waals surface area contributed by atoms with Crippen LogP contribution < -0.4 is 5.32 Å². The first-order valence-electron chi connectivity index (χ1n) is 5.49. The van der Waals surface area contributed by atoms with Gasteiger partial charge in [-0.2, -0.15) is 4.31 Å². The predicted octanol–water partition coefficient (Wildman–Crippen LogP) is 0.808. The Labute approximate surface area is 100 Å². The van der Waals surface area contributed by atoms with Crippen molar-refractivity contribution in [1.29, 1.82) is 0 Å². The summed E-state index contributed by atoms with van der Waals surface area (Å²) in [6, 6.07) is 5.07. The Kier molecular flexibility index (Phi) is 3.46. The van der Waals surface area contributed by atoms with Crippen LogP contribution in [0.25, 0.3) is 0 Å². The summed E-state index contributed by atoms with van der Waals surface area (Å²) in [6.45, 7) is 3.47. The lowest BCUT2D eigenvalue weighted by Crippen LogP contribution is -2.51. The topological polar surface area (TPSA) is 49.4 Å². The zero-order chi connectivity index (χ0) is 12.5. The highest BCUT2D eigenvalue weighted by Gasteiger charge is 2.28. The molecule has 0 spiro atoms. The molecule has 1 aromatic carbocycles. The molecule has 94 valence electrons. The molecule has 1 unspecified atom stereocenters. The molecule has 1 aromatic rings. The molecular formula is C11H15FN2O2S. The van der Waals surface area contributed by atoms with E-state index >= 15 is 0 Å². The molecule has 6 heteroatoms. The van der Waals surface area contributed by atoms with Gasteiger partial charge in [-0.15, -0.1) is 0 Å². The molecule has 0 saturated carbocycles. The van der Waals surface area contributed by atoms with E-state index in [1.165, 1.54) is 28.6 Å². The molecule has 0 radical (unpaired) electrons. The summed E-state index contributed by atoms with van der Waals surface area (Å²) in [7, 11) is -3.49. The summed E-state index contributed by atoms with van der Waals surface area (Å²) in [5, 5.41) is 3.18. The zero-order valence-electron chi connectivity index (χ0n) is 9.56. The molecular weight excluding hydrogens is 243 g/mol. The summed E-state index contributed by atoms with van der Waals surface area (Å²) >= 11 is 0. The maximum absolute atomic E-state index is 12.8. The second-order valence-corrected chi connectivity index (χ2v) is 6.11. The number of nitrogens with zero attached hydrogens (tertiary/aromatic N) is 1. The van der Waals surface area contributed by atoms with Crippen LogP contribution in [0.15, 0.2) is 29.2 Å². The quantitative estimate of drug-likeness (QED) is 0.854.